The van der Waals surface area contributed by atoms with E-state index in [1.165, 1.54) is 32.1 Å². The molecule has 2 heteroatoms. The van der Waals surface area contributed by atoms with Gasteiger partial charge in [0.25, 0.3) is 0 Å². The van der Waals surface area contributed by atoms with Gasteiger partial charge in [-0.1, -0.05) is 26.2 Å². The van der Waals surface area contributed by atoms with Gasteiger partial charge in [0.2, 0.25) is 5.91 Å². The molecule has 1 aliphatic carbocycles. The average molecular weight is 195 g/mol. The van der Waals surface area contributed by atoms with E-state index >= 15 is 0 Å². The first-order valence-electron chi connectivity index (χ1n) is 6.09. The summed E-state index contributed by atoms with van der Waals surface area (Å²) >= 11 is 0. The van der Waals surface area contributed by atoms with Crippen LogP contribution in [0, 0.1) is 17.8 Å². The quantitative estimate of drug-likeness (QED) is 0.720. The fourth-order valence-corrected chi connectivity index (χ4v) is 3.06. The van der Waals surface area contributed by atoms with Crippen molar-refractivity contribution in [2.45, 2.75) is 45.4 Å². The van der Waals surface area contributed by atoms with Gasteiger partial charge >= 0.3 is 0 Å². The zero-order valence-electron chi connectivity index (χ0n) is 9.09. The summed E-state index contributed by atoms with van der Waals surface area (Å²) in [5.74, 6) is 2.31. The predicted octanol–water partition coefficient (Wildman–Crippen LogP) is 2.34. The van der Waals surface area contributed by atoms with Crippen molar-refractivity contribution in [2.24, 2.45) is 17.8 Å². The second-order valence-electron chi connectivity index (χ2n) is 4.88. The molecule has 1 atom stereocenters. The van der Waals surface area contributed by atoms with Crippen LogP contribution < -0.4 is 5.32 Å². The lowest BCUT2D eigenvalue weighted by Crippen LogP contribution is -2.28. The van der Waals surface area contributed by atoms with E-state index < -0.39 is 0 Å². The van der Waals surface area contributed by atoms with Crippen molar-refractivity contribution in [1.82, 2.24) is 5.32 Å². The number of rotatable bonds is 2. The van der Waals surface area contributed by atoms with Crippen LogP contribution in [-0.2, 0) is 4.79 Å². The number of hydrogen-bond acceptors (Lipinski definition) is 1. The van der Waals surface area contributed by atoms with Crippen LogP contribution in [0.3, 0.4) is 0 Å². The van der Waals surface area contributed by atoms with Gasteiger partial charge in [-0.3, -0.25) is 4.79 Å². The van der Waals surface area contributed by atoms with Gasteiger partial charge in [0.1, 0.15) is 0 Å². The first-order valence-corrected chi connectivity index (χ1v) is 6.09. The summed E-state index contributed by atoms with van der Waals surface area (Å²) in [6.45, 7) is 3.20. The Morgan fingerprint density at radius 2 is 1.93 bits per heavy atom. The van der Waals surface area contributed by atoms with Gasteiger partial charge in [0.15, 0.2) is 0 Å². The highest BCUT2D eigenvalue weighted by atomic mass is 16.2. The molecular formula is C12H21NO. The van der Waals surface area contributed by atoms with Gasteiger partial charge in [-0.05, 0) is 31.1 Å². The lowest BCUT2D eigenvalue weighted by molar-refractivity contribution is -0.124. The van der Waals surface area contributed by atoms with Gasteiger partial charge in [-0.2, -0.15) is 0 Å². The van der Waals surface area contributed by atoms with Crippen molar-refractivity contribution < 1.29 is 4.79 Å². The largest absolute Gasteiger partial charge is 0.356 e. The van der Waals surface area contributed by atoms with Crippen molar-refractivity contribution in [2.75, 3.05) is 6.54 Å². The minimum absolute atomic E-state index is 0.324. The SMILES string of the molecule is CCC1CCC(C2CCNC2=O)CC1. The molecule has 2 nitrogen and oxygen atoms in total. The summed E-state index contributed by atoms with van der Waals surface area (Å²) in [7, 11) is 0. The summed E-state index contributed by atoms with van der Waals surface area (Å²) < 4.78 is 0. The number of hydrogen-bond donors (Lipinski definition) is 1. The lowest BCUT2D eigenvalue weighted by atomic mass is 9.74. The third-order valence-electron chi connectivity index (χ3n) is 4.13. The summed E-state index contributed by atoms with van der Waals surface area (Å²) in [5.41, 5.74) is 0. The van der Waals surface area contributed by atoms with Crippen LogP contribution in [0.15, 0.2) is 0 Å². The molecule has 1 unspecified atom stereocenters. The molecule has 1 amide bonds. The first-order chi connectivity index (χ1) is 6.81. The van der Waals surface area contributed by atoms with Crippen LogP contribution in [0.25, 0.3) is 0 Å². The topological polar surface area (TPSA) is 29.1 Å². The zero-order chi connectivity index (χ0) is 9.97. The number of nitrogens with one attached hydrogen (secondary N) is 1. The van der Waals surface area contributed by atoms with Crippen LogP contribution >= 0.6 is 0 Å². The first kappa shape index (κ1) is 10.0. The Hall–Kier alpha value is -0.530. The Morgan fingerprint density at radius 1 is 1.21 bits per heavy atom. The predicted molar refractivity (Wildman–Crippen MR) is 56.9 cm³/mol. The number of amides is 1. The lowest BCUT2D eigenvalue weighted by Gasteiger charge is -2.30. The van der Waals surface area contributed by atoms with E-state index in [4.69, 9.17) is 0 Å². The highest BCUT2D eigenvalue weighted by Crippen LogP contribution is 2.37. The average Bonchev–Trinajstić information content (AvgIpc) is 2.65. The Bertz CT molecular complexity index is 206. The molecule has 0 aromatic carbocycles. The van der Waals surface area contributed by atoms with Crippen LogP contribution in [0.4, 0.5) is 0 Å². The van der Waals surface area contributed by atoms with E-state index in [-0.39, 0.29) is 0 Å². The van der Waals surface area contributed by atoms with E-state index in [0.29, 0.717) is 17.7 Å². The maximum atomic E-state index is 11.5. The van der Waals surface area contributed by atoms with Gasteiger partial charge in [-0.15, -0.1) is 0 Å². The van der Waals surface area contributed by atoms with E-state index in [1.54, 1.807) is 0 Å². The molecule has 2 aliphatic rings. The van der Waals surface area contributed by atoms with Gasteiger partial charge in [-0.25, -0.2) is 0 Å². The van der Waals surface area contributed by atoms with E-state index in [2.05, 4.69) is 12.2 Å². The maximum Gasteiger partial charge on any atom is 0.223 e. The smallest absolute Gasteiger partial charge is 0.223 e. The second-order valence-corrected chi connectivity index (χ2v) is 4.88. The van der Waals surface area contributed by atoms with Gasteiger partial charge < -0.3 is 5.32 Å². The van der Waals surface area contributed by atoms with Crippen LogP contribution in [0.5, 0.6) is 0 Å². The number of carbonyl (C=O) groups excluding carboxylic acids is 1. The Kier molecular flexibility index (Phi) is 3.09. The molecule has 2 fully saturated rings. The minimum Gasteiger partial charge on any atom is -0.356 e. The highest BCUT2D eigenvalue weighted by molar-refractivity contribution is 5.80. The highest BCUT2D eigenvalue weighted by Gasteiger charge is 2.34. The molecule has 1 saturated heterocycles. The fraction of sp³-hybridized carbons (Fsp3) is 0.917. The van der Waals surface area contributed by atoms with Crippen LogP contribution in [0.1, 0.15) is 45.4 Å². The Labute approximate surface area is 86.5 Å². The van der Waals surface area contributed by atoms with Crippen molar-refractivity contribution in [3.05, 3.63) is 0 Å². The van der Waals surface area contributed by atoms with Crippen molar-refractivity contribution >= 4 is 5.91 Å². The summed E-state index contributed by atoms with van der Waals surface area (Å²) in [6, 6.07) is 0. The molecule has 1 aliphatic heterocycles. The molecule has 1 saturated carbocycles. The van der Waals surface area contributed by atoms with E-state index in [9.17, 15) is 4.79 Å². The molecule has 1 N–H and O–H groups in total. The third-order valence-corrected chi connectivity index (χ3v) is 4.13. The van der Waals surface area contributed by atoms with E-state index in [0.717, 1.165) is 18.9 Å². The Morgan fingerprint density at radius 3 is 2.43 bits per heavy atom. The molecule has 0 aromatic rings. The Balaban J connectivity index is 1.85. The summed E-state index contributed by atoms with van der Waals surface area (Å²) in [6.07, 6.45) is 7.69. The molecule has 0 spiro atoms. The zero-order valence-corrected chi connectivity index (χ0v) is 9.09. The summed E-state index contributed by atoms with van der Waals surface area (Å²) in [5, 5.41) is 2.95. The third kappa shape index (κ3) is 1.94. The van der Waals surface area contributed by atoms with Crippen molar-refractivity contribution in [1.29, 1.82) is 0 Å². The number of carbonyl (C=O) groups is 1. The molecule has 80 valence electrons. The molecule has 0 bridgehead atoms. The molecule has 0 radical (unpaired) electrons. The van der Waals surface area contributed by atoms with Gasteiger partial charge in [0.05, 0.1) is 0 Å². The molecular weight excluding hydrogens is 174 g/mol. The molecule has 0 aromatic heterocycles. The standard InChI is InChI=1S/C12H21NO/c1-2-9-3-5-10(6-4-9)11-7-8-13-12(11)14/h9-11H,2-8H2,1H3,(H,13,14). The summed E-state index contributed by atoms with van der Waals surface area (Å²) in [4.78, 5) is 11.5. The van der Waals surface area contributed by atoms with Gasteiger partial charge in [0, 0.05) is 12.5 Å². The molecule has 2 rings (SSSR count). The monoisotopic (exact) mass is 195 g/mol. The van der Waals surface area contributed by atoms with Crippen LogP contribution in [-0.4, -0.2) is 12.5 Å². The van der Waals surface area contributed by atoms with E-state index in [1.807, 2.05) is 0 Å². The molecule has 1 heterocycles. The van der Waals surface area contributed by atoms with Crippen molar-refractivity contribution in [3.8, 4) is 0 Å². The minimum atomic E-state index is 0.324. The molecule has 14 heavy (non-hydrogen) atoms. The van der Waals surface area contributed by atoms with Crippen LogP contribution in [0.2, 0.25) is 0 Å². The van der Waals surface area contributed by atoms with Crippen molar-refractivity contribution in [3.63, 3.8) is 0 Å². The maximum absolute atomic E-state index is 11.5. The fourth-order valence-electron chi connectivity index (χ4n) is 3.06. The normalized spacial score (nSPS) is 38.4. The second kappa shape index (κ2) is 4.33.